The first-order valence-corrected chi connectivity index (χ1v) is 9.92. The maximum Gasteiger partial charge on any atom is 0.266 e. The monoisotopic (exact) mass is 375 g/mol. The molecule has 1 amide bonds. The number of hydrogen-bond donors (Lipinski definition) is 2. The van der Waals surface area contributed by atoms with Crippen LogP contribution in [-0.4, -0.2) is 43.1 Å². The normalized spacial score (nSPS) is 17.6. The number of nitrogens with zero attached hydrogens (tertiary/aromatic N) is 1. The minimum absolute atomic E-state index is 0.178. The highest BCUT2D eigenvalue weighted by Gasteiger charge is 2.31. The zero-order chi connectivity index (χ0) is 20.4. The van der Waals surface area contributed by atoms with Gasteiger partial charge >= 0.3 is 0 Å². The van der Waals surface area contributed by atoms with Gasteiger partial charge in [-0.05, 0) is 58.8 Å². The van der Waals surface area contributed by atoms with Crippen LogP contribution in [0.2, 0.25) is 0 Å². The fourth-order valence-corrected chi connectivity index (χ4v) is 3.07. The quantitative estimate of drug-likeness (QED) is 0.348. The van der Waals surface area contributed by atoms with E-state index in [1.165, 1.54) is 11.1 Å². The van der Waals surface area contributed by atoms with E-state index in [-0.39, 0.29) is 11.6 Å². The van der Waals surface area contributed by atoms with E-state index in [1.54, 1.807) is 13.0 Å². The molecule has 27 heavy (non-hydrogen) atoms. The van der Waals surface area contributed by atoms with Crippen LogP contribution in [0.1, 0.15) is 48.0 Å². The Kier molecular flexibility index (Phi) is 9.94. The third kappa shape index (κ3) is 7.25. The summed E-state index contributed by atoms with van der Waals surface area (Å²) in [6.07, 6.45) is 8.86. The maximum atomic E-state index is 11.7. The van der Waals surface area contributed by atoms with Gasteiger partial charge < -0.3 is 15.8 Å². The Morgan fingerprint density at radius 3 is 2.44 bits per heavy atom. The van der Waals surface area contributed by atoms with Crippen LogP contribution in [0, 0.1) is 5.92 Å². The molecule has 0 bridgehead atoms. The summed E-state index contributed by atoms with van der Waals surface area (Å²) in [4.78, 5) is 14.2. The number of amides is 1. The number of nitrogens with two attached hydrogens (primary N) is 1. The molecule has 0 aliphatic carbocycles. The van der Waals surface area contributed by atoms with Gasteiger partial charge in [-0.3, -0.25) is 9.69 Å². The molecule has 0 aromatic rings. The van der Waals surface area contributed by atoms with E-state index < -0.39 is 0 Å². The predicted octanol–water partition coefficient (Wildman–Crippen LogP) is 3.51. The van der Waals surface area contributed by atoms with E-state index in [9.17, 15) is 4.79 Å². The smallest absolute Gasteiger partial charge is 0.266 e. The van der Waals surface area contributed by atoms with Crippen LogP contribution in [0.5, 0.6) is 0 Å². The molecular weight excluding hydrogens is 338 g/mol. The van der Waals surface area contributed by atoms with Crippen LogP contribution in [0.15, 0.2) is 46.9 Å². The van der Waals surface area contributed by atoms with Crippen molar-refractivity contribution in [3.05, 3.63) is 46.9 Å². The summed E-state index contributed by atoms with van der Waals surface area (Å²) in [7, 11) is 0. The molecule has 1 unspecified atom stereocenters. The van der Waals surface area contributed by atoms with Crippen LogP contribution in [0.25, 0.3) is 0 Å². The molecule has 1 aliphatic heterocycles. The lowest BCUT2D eigenvalue weighted by Crippen LogP contribution is -2.55. The molecule has 0 radical (unpaired) electrons. The molecule has 0 aromatic carbocycles. The van der Waals surface area contributed by atoms with E-state index in [0.717, 1.165) is 31.9 Å². The maximum absolute atomic E-state index is 11.7. The van der Waals surface area contributed by atoms with Gasteiger partial charge in [0.25, 0.3) is 5.91 Å². The van der Waals surface area contributed by atoms with E-state index in [1.807, 2.05) is 13.0 Å². The third-order valence-electron chi connectivity index (χ3n) is 4.87. The second kappa shape index (κ2) is 11.7. The number of likely N-dealkylation sites (tertiary alicyclic amines) is 1. The lowest BCUT2D eigenvalue weighted by atomic mass is 9.93. The van der Waals surface area contributed by atoms with Gasteiger partial charge in [0.05, 0.1) is 12.3 Å². The van der Waals surface area contributed by atoms with Gasteiger partial charge in [0, 0.05) is 31.6 Å². The van der Waals surface area contributed by atoms with Crippen molar-refractivity contribution in [2.24, 2.45) is 11.7 Å². The molecule has 5 nitrogen and oxygen atoms in total. The van der Waals surface area contributed by atoms with E-state index in [0.29, 0.717) is 18.5 Å². The summed E-state index contributed by atoms with van der Waals surface area (Å²) in [5, 5.41) is 2.91. The van der Waals surface area contributed by atoms with Gasteiger partial charge in [-0.15, -0.1) is 0 Å². The van der Waals surface area contributed by atoms with Crippen molar-refractivity contribution in [3.8, 4) is 0 Å². The summed E-state index contributed by atoms with van der Waals surface area (Å²) in [5.41, 5.74) is 8.52. The Labute approximate surface area is 165 Å². The average Bonchev–Trinajstić information content (AvgIpc) is 2.61. The first-order chi connectivity index (χ1) is 12.8. The molecule has 1 aliphatic rings. The SMILES string of the molecule is C/C=C(/C=C\C(=C(C)C)C(C)N1CC(CNC(=O)/C(N)=C/C)C1)OCCC. The van der Waals surface area contributed by atoms with Crippen molar-refractivity contribution in [2.45, 2.75) is 54.0 Å². The third-order valence-corrected chi connectivity index (χ3v) is 4.87. The molecule has 152 valence electrons. The van der Waals surface area contributed by atoms with Crippen molar-refractivity contribution in [1.82, 2.24) is 10.2 Å². The number of allylic oxidation sites excluding steroid dienone is 4. The Balaban J connectivity index is 2.58. The first kappa shape index (κ1) is 23.0. The fourth-order valence-electron chi connectivity index (χ4n) is 3.07. The van der Waals surface area contributed by atoms with E-state index >= 15 is 0 Å². The molecular formula is C22H37N3O2. The number of carbonyl (C=O) groups excluding carboxylic acids is 1. The molecule has 1 rings (SSSR count). The summed E-state index contributed by atoms with van der Waals surface area (Å²) in [6.45, 7) is 15.8. The van der Waals surface area contributed by atoms with Crippen molar-refractivity contribution < 1.29 is 9.53 Å². The van der Waals surface area contributed by atoms with Crippen molar-refractivity contribution in [1.29, 1.82) is 0 Å². The van der Waals surface area contributed by atoms with Gasteiger partial charge in [-0.1, -0.05) is 24.6 Å². The molecule has 1 saturated heterocycles. The number of carbonyl (C=O) groups is 1. The zero-order valence-corrected chi connectivity index (χ0v) is 17.8. The largest absolute Gasteiger partial charge is 0.494 e. The summed E-state index contributed by atoms with van der Waals surface area (Å²) < 4.78 is 5.73. The van der Waals surface area contributed by atoms with E-state index in [4.69, 9.17) is 10.5 Å². The van der Waals surface area contributed by atoms with Gasteiger partial charge in [-0.25, -0.2) is 0 Å². The lowest BCUT2D eigenvalue weighted by molar-refractivity contribution is -0.118. The van der Waals surface area contributed by atoms with E-state index in [2.05, 4.69) is 50.1 Å². The number of hydrogen-bond acceptors (Lipinski definition) is 4. The summed E-state index contributed by atoms with van der Waals surface area (Å²) in [6, 6.07) is 0.336. The fraction of sp³-hybridized carbons (Fsp3) is 0.591. The molecule has 1 atom stereocenters. The second-order valence-corrected chi connectivity index (χ2v) is 7.28. The number of ether oxygens (including phenoxy) is 1. The molecule has 1 fully saturated rings. The number of rotatable bonds is 10. The van der Waals surface area contributed by atoms with Crippen LogP contribution in [-0.2, 0) is 9.53 Å². The van der Waals surface area contributed by atoms with Gasteiger partial charge in [0.2, 0.25) is 0 Å². The number of nitrogens with one attached hydrogen (secondary N) is 1. The van der Waals surface area contributed by atoms with Crippen LogP contribution in [0.3, 0.4) is 0 Å². The van der Waals surface area contributed by atoms with Crippen molar-refractivity contribution >= 4 is 5.91 Å². The Morgan fingerprint density at radius 2 is 1.93 bits per heavy atom. The zero-order valence-electron chi connectivity index (χ0n) is 17.8. The highest BCUT2D eigenvalue weighted by Crippen LogP contribution is 2.25. The van der Waals surface area contributed by atoms with Crippen LogP contribution < -0.4 is 11.1 Å². The highest BCUT2D eigenvalue weighted by molar-refractivity contribution is 5.92. The van der Waals surface area contributed by atoms with Crippen LogP contribution >= 0.6 is 0 Å². The standard InChI is InChI=1S/C22H37N3O2/c1-7-12-27-19(8-2)10-11-20(16(4)5)17(6)25-14-18(15-25)13-24-22(26)21(23)9-3/h8-11,17-18H,7,12-15,23H2,1-6H3,(H,24,26)/b11-10-,19-8-,21-9-. The molecule has 5 heteroatoms. The molecule has 3 N–H and O–H groups in total. The summed E-state index contributed by atoms with van der Waals surface area (Å²) >= 11 is 0. The Bertz CT molecular complexity index is 607. The molecule has 0 saturated carbocycles. The molecule has 0 aromatic heterocycles. The Hall–Kier alpha value is -2.01. The first-order valence-electron chi connectivity index (χ1n) is 9.92. The lowest BCUT2D eigenvalue weighted by Gasteiger charge is -2.44. The van der Waals surface area contributed by atoms with Crippen LogP contribution in [0.4, 0.5) is 0 Å². The summed E-state index contributed by atoms with van der Waals surface area (Å²) in [5.74, 6) is 1.21. The van der Waals surface area contributed by atoms with Crippen molar-refractivity contribution in [3.63, 3.8) is 0 Å². The Morgan fingerprint density at radius 1 is 1.26 bits per heavy atom. The second-order valence-electron chi connectivity index (χ2n) is 7.28. The molecule has 0 spiro atoms. The van der Waals surface area contributed by atoms with Gasteiger partial charge in [0.1, 0.15) is 5.76 Å². The molecule has 1 heterocycles. The van der Waals surface area contributed by atoms with Gasteiger partial charge in [0.15, 0.2) is 0 Å². The topological polar surface area (TPSA) is 67.6 Å². The van der Waals surface area contributed by atoms with Gasteiger partial charge in [-0.2, -0.15) is 0 Å². The highest BCUT2D eigenvalue weighted by atomic mass is 16.5. The minimum Gasteiger partial charge on any atom is -0.494 e. The average molecular weight is 376 g/mol. The minimum atomic E-state index is -0.178. The van der Waals surface area contributed by atoms with Crippen molar-refractivity contribution in [2.75, 3.05) is 26.2 Å². The predicted molar refractivity (Wildman–Crippen MR) is 113 cm³/mol.